The van der Waals surface area contributed by atoms with Gasteiger partial charge in [-0.2, -0.15) is 0 Å². The molecule has 1 N–H and O–H groups in total. The van der Waals surface area contributed by atoms with Crippen LogP contribution in [0, 0.1) is 12.7 Å². The number of nitrogens with one attached hydrogen (secondary N) is 1. The third-order valence-corrected chi connectivity index (χ3v) is 2.96. The van der Waals surface area contributed by atoms with Crippen molar-refractivity contribution in [2.24, 2.45) is 0 Å². The number of aryl methyl sites for hydroxylation is 1. The first kappa shape index (κ1) is 9.54. The van der Waals surface area contributed by atoms with Gasteiger partial charge in [-0.05, 0) is 19.1 Å². The van der Waals surface area contributed by atoms with Crippen LogP contribution >= 0.6 is 0 Å². The molecule has 1 aromatic carbocycles. The van der Waals surface area contributed by atoms with Crippen LogP contribution in [0.25, 0.3) is 10.9 Å². The molecule has 82 valence electrons. The second kappa shape index (κ2) is 3.15. The highest BCUT2D eigenvalue weighted by Crippen LogP contribution is 2.29. The molecular weight excluding hydrogens is 209 g/mol. The van der Waals surface area contributed by atoms with E-state index < -0.39 is 5.82 Å². The zero-order chi connectivity index (χ0) is 11.3. The number of carbonyl (C=O) groups excluding carboxylic acids is 1. The Hall–Kier alpha value is -1.68. The Bertz CT molecular complexity index is 601. The van der Waals surface area contributed by atoms with Gasteiger partial charge in [0.15, 0.2) is 5.78 Å². The summed E-state index contributed by atoms with van der Waals surface area (Å²) >= 11 is 0. The molecule has 0 bridgehead atoms. The van der Waals surface area contributed by atoms with E-state index in [1.54, 1.807) is 0 Å². The number of ketones is 1. The van der Waals surface area contributed by atoms with Gasteiger partial charge in [-0.3, -0.25) is 4.79 Å². The van der Waals surface area contributed by atoms with E-state index >= 15 is 0 Å². The summed E-state index contributed by atoms with van der Waals surface area (Å²) in [6, 6.07) is 2.70. The number of aromatic amines is 1. The van der Waals surface area contributed by atoms with Gasteiger partial charge in [0.05, 0.1) is 6.61 Å². The van der Waals surface area contributed by atoms with Crippen LogP contribution in [0.4, 0.5) is 4.39 Å². The number of rotatable bonds is 0. The first-order valence-electron chi connectivity index (χ1n) is 5.08. The van der Waals surface area contributed by atoms with E-state index in [1.165, 1.54) is 12.1 Å². The van der Waals surface area contributed by atoms with E-state index in [9.17, 15) is 9.18 Å². The second-order valence-electron chi connectivity index (χ2n) is 4.02. The maximum absolute atomic E-state index is 13.3. The third-order valence-electron chi connectivity index (χ3n) is 2.96. The minimum atomic E-state index is -0.398. The highest BCUT2D eigenvalue weighted by Gasteiger charge is 2.21. The van der Waals surface area contributed by atoms with Crippen LogP contribution in [-0.2, 0) is 11.3 Å². The number of carbonyl (C=O) groups is 1. The Morgan fingerprint density at radius 3 is 3.00 bits per heavy atom. The van der Waals surface area contributed by atoms with Crippen LogP contribution in [0.15, 0.2) is 12.1 Å². The largest absolute Gasteiger partial charge is 0.369 e. The summed E-state index contributed by atoms with van der Waals surface area (Å²) in [4.78, 5) is 14.8. The molecule has 0 saturated carbocycles. The van der Waals surface area contributed by atoms with E-state index in [-0.39, 0.29) is 12.4 Å². The molecule has 16 heavy (non-hydrogen) atoms. The Morgan fingerprint density at radius 1 is 1.38 bits per heavy atom. The standard InChI is InChI=1S/C12H10FNO2/c1-6-9-4-16-5-11(15)8-2-7(13)3-10(14-6)12(8)9/h2-3,14H,4-5H2,1H3. The van der Waals surface area contributed by atoms with Gasteiger partial charge in [0.1, 0.15) is 12.4 Å². The highest BCUT2D eigenvalue weighted by atomic mass is 19.1. The van der Waals surface area contributed by atoms with E-state index in [1.807, 2.05) is 6.92 Å². The van der Waals surface area contributed by atoms with Crippen LogP contribution in [0.3, 0.4) is 0 Å². The van der Waals surface area contributed by atoms with Gasteiger partial charge in [-0.1, -0.05) is 0 Å². The van der Waals surface area contributed by atoms with Gasteiger partial charge in [0.25, 0.3) is 0 Å². The van der Waals surface area contributed by atoms with Crippen LogP contribution in [0.2, 0.25) is 0 Å². The van der Waals surface area contributed by atoms with Crippen molar-refractivity contribution in [1.29, 1.82) is 0 Å². The smallest absolute Gasteiger partial charge is 0.189 e. The third kappa shape index (κ3) is 1.20. The van der Waals surface area contributed by atoms with Crippen molar-refractivity contribution in [3.8, 4) is 0 Å². The fourth-order valence-corrected chi connectivity index (χ4v) is 2.22. The van der Waals surface area contributed by atoms with Gasteiger partial charge >= 0.3 is 0 Å². The summed E-state index contributed by atoms with van der Waals surface area (Å²) in [5, 5.41) is 0.807. The molecule has 0 spiro atoms. The van der Waals surface area contributed by atoms with Gasteiger partial charge in [-0.25, -0.2) is 4.39 Å². The lowest BCUT2D eigenvalue weighted by Gasteiger charge is -1.99. The van der Waals surface area contributed by atoms with Crippen molar-refractivity contribution in [2.45, 2.75) is 13.5 Å². The molecular formula is C12H10FNO2. The molecule has 0 amide bonds. The van der Waals surface area contributed by atoms with E-state index in [2.05, 4.69) is 4.98 Å². The number of benzene rings is 1. The molecule has 3 nitrogen and oxygen atoms in total. The molecule has 0 atom stereocenters. The maximum Gasteiger partial charge on any atom is 0.189 e. The molecule has 1 aliphatic rings. The van der Waals surface area contributed by atoms with Crippen molar-refractivity contribution in [1.82, 2.24) is 4.98 Å². The number of hydrogen-bond donors (Lipinski definition) is 1. The molecule has 0 fully saturated rings. The number of ether oxygens (including phenoxy) is 1. The average molecular weight is 219 g/mol. The fraction of sp³-hybridized carbons (Fsp3) is 0.250. The Morgan fingerprint density at radius 2 is 2.19 bits per heavy atom. The van der Waals surface area contributed by atoms with E-state index in [0.717, 1.165) is 16.6 Å². The average Bonchev–Trinajstić information content (AvgIpc) is 2.42. The Labute approximate surface area is 91.2 Å². The number of aromatic nitrogens is 1. The monoisotopic (exact) mass is 219 g/mol. The van der Waals surface area contributed by atoms with Crippen LogP contribution in [0.5, 0.6) is 0 Å². The molecule has 4 heteroatoms. The van der Waals surface area contributed by atoms with Gasteiger partial charge in [0.2, 0.25) is 0 Å². The van der Waals surface area contributed by atoms with Crippen molar-refractivity contribution in [3.63, 3.8) is 0 Å². The maximum atomic E-state index is 13.3. The van der Waals surface area contributed by atoms with Gasteiger partial charge in [-0.15, -0.1) is 0 Å². The van der Waals surface area contributed by atoms with Gasteiger partial charge < -0.3 is 9.72 Å². The Balaban J connectivity index is 2.47. The minimum absolute atomic E-state index is 0.0205. The summed E-state index contributed by atoms with van der Waals surface area (Å²) in [7, 11) is 0. The normalized spacial score (nSPS) is 15.5. The SMILES string of the molecule is Cc1[nH]c2cc(F)cc3c2c1COCC3=O. The first-order chi connectivity index (χ1) is 7.66. The molecule has 2 aromatic rings. The molecule has 3 rings (SSSR count). The Kier molecular flexibility index (Phi) is 1.88. The quantitative estimate of drug-likeness (QED) is 0.738. The molecule has 1 aliphatic heterocycles. The lowest BCUT2D eigenvalue weighted by atomic mass is 10.0. The summed E-state index contributed by atoms with van der Waals surface area (Å²) in [6.07, 6.45) is 0. The number of H-pyrrole nitrogens is 1. The molecule has 0 radical (unpaired) electrons. The predicted octanol–water partition coefficient (Wildman–Crippen LogP) is 2.33. The minimum Gasteiger partial charge on any atom is -0.369 e. The van der Waals surface area contributed by atoms with Gasteiger partial charge in [0, 0.05) is 27.7 Å². The van der Waals surface area contributed by atoms with E-state index in [4.69, 9.17) is 4.74 Å². The molecule has 1 aromatic heterocycles. The number of halogens is 1. The summed E-state index contributed by atoms with van der Waals surface area (Å²) in [5.41, 5.74) is 2.97. The van der Waals surface area contributed by atoms with E-state index in [0.29, 0.717) is 17.7 Å². The molecule has 0 aliphatic carbocycles. The molecule has 0 saturated heterocycles. The first-order valence-corrected chi connectivity index (χ1v) is 5.08. The summed E-state index contributed by atoms with van der Waals surface area (Å²) in [5.74, 6) is -0.562. The van der Waals surface area contributed by atoms with Crippen LogP contribution in [0.1, 0.15) is 21.6 Å². The fourth-order valence-electron chi connectivity index (χ4n) is 2.22. The molecule has 2 heterocycles. The van der Waals surface area contributed by atoms with Crippen LogP contribution in [-0.4, -0.2) is 17.4 Å². The zero-order valence-electron chi connectivity index (χ0n) is 8.76. The summed E-state index contributed by atoms with van der Waals surface area (Å²) in [6.45, 7) is 2.32. The van der Waals surface area contributed by atoms with Crippen LogP contribution < -0.4 is 0 Å². The van der Waals surface area contributed by atoms with Crippen molar-refractivity contribution >= 4 is 16.7 Å². The lowest BCUT2D eigenvalue weighted by molar-refractivity contribution is 0.0740. The van der Waals surface area contributed by atoms with Crippen molar-refractivity contribution in [2.75, 3.05) is 6.61 Å². The number of Topliss-reactive ketones (excluding diaryl/α,β-unsaturated/α-hetero) is 1. The zero-order valence-corrected chi connectivity index (χ0v) is 8.76. The number of hydrogen-bond acceptors (Lipinski definition) is 2. The topological polar surface area (TPSA) is 42.1 Å². The molecule has 0 unspecified atom stereocenters. The predicted molar refractivity (Wildman–Crippen MR) is 57.0 cm³/mol. The van der Waals surface area contributed by atoms with Crippen molar-refractivity contribution in [3.05, 3.63) is 34.8 Å². The lowest BCUT2D eigenvalue weighted by Crippen LogP contribution is -2.06. The highest BCUT2D eigenvalue weighted by molar-refractivity contribution is 6.10. The van der Waals surface area contributed by atoms with Crippen molar-refractivity contribution < 1.29 is 13.9 Å². The summed E-state index contributed by atoms with van der Waals surface area (Å²) < 4.78 is 18.6. The second-order valence-corrected chi connectivity index (χ2v) is 4.02.